The number of aliphatic imine (C=N–C) groups is 1. The molecule has 6 nitrogen and oxygen atoms in total. The smallest absolute Gasteiger partial charge is 0.439 e. The predicted molar refractivity (Wildman–Crippen MR) is 108 cm³/mol. The summed E-state index contributed by atoms with van der Waals surface area (Å²) in [7, 11) is 0. The molecule has 1 atom stereocenters. The number of allylic oxidation sites excluding steroid dienone is 3. The van der Waals surface area contributed by atoms with Crippen LogP contribution in [0.15, 0.2) is 71.6 Å². The Labute approximate surface area is 168 Å². The first-order valence-corrected chi connectivity index (χ1v) is 9.39. The van der Waals surface area contributed by atoms with Gasteiger partial charge in [0, 0.05) is 17.3 Å². The van der Waals surface area contributed by atoms with Gasteiger partial charge in [0.15, 0.2) is 0 Å². The molecule has 1 heterocycles. The molecule has 3 rings (SSSR count). The Hall–Kier alpha value is -2.99. The third-order valence-electron chi connectivity index (χ3n) is 3.96. The molecule has 0 saturated heterocycles. The number of aromatic nitrogens is 2. The number of hydrogen-bond acceptors (Lipinski definition) is 5. The minimum atomic E-state index is -0.732. The number of halogens is 1. The highest BCUT2D eigenvalue weighted by Gasteiger charge is 2.21. The third-order valence-corrected chi connectivity index (χ3v) is 4.19. The summed E-state index contributed by atoms with van der Waals surface area (Å²) in [5, 5.41) is 8.58. The number of benzene rings is 1. The van der Waals surface area contributed by atoms with Crippen LogP contribution < -0.4 is 4.74 Å². The highest BCUT2D eigenvalue weighted by molar-refractivity contribution is 6.30. The van der Waals surface area contributed by atoms with E-state index in [0.717, 1.165) is 18.5 Å². The average Bonchev–Trinajstić information content (AvgIpc) is 2.69. The molecule has 0 saturated carbocycles. The number of unbranched alkanes of at least 4 members (excludes halogenated alkanes) is 1. The monoisotopic (exact) mass is 397 g/mol. The molecule has 0 radical (unpaired) electrons. The second kappa shape index (κ2) is 9.80. The van der Waals surface area contributed by atoms with Gasteiger partial charge in [-0.3, -0.25) is 0 Å². The predicted octanol–water partition coefficient (Wildman–Crippen LogP) is 5.12. The fraction of sp³-hybridized carbons (Fsp3) is 0.238. The van der Waals surface area contributed by atoms with Crippen LogP contribution in [0.3, 0.4) is 0 Å². The summed E-state index contributed by atoms with van der Waals surface area (Å²) in [6.07, 6.45) is 8.19. The molecule has 0 bridgehead atoms. The molecule has 1 aromatic heterocycles. The fourth-order valence-electron chi connectivity index (χ4n) is 2.59. The lowest BCUT2D eigenvalue weighted by molar-refractivity contribution is 0.195. The fourth-order valence-corrected chi connectivity index (χ4v) is 2.77. The first kappa shape index (κ1) is 19.8. The van der Waals surface area contributed by atoms with Gasteiger partial charge in [0.2, 0.25) is 0 Å². The zero-order valence-electron chi connectivity index (χ0n) is 15.4. The number of rotatable bonds is 6. The van der Waals surface area contributed by atoms with Gasteiger partial charge in [-0.15, -0.1) is 0 Å². The van der Waals surface area contributed by atoms with Gasteiger partial charge < -0.3 is 9.47 Å². The number of carbonyl (C=O) groups excluding carboxylic acids is 1. The van der Waals surface area contributed by atoms with Crippen LogP contribution in [0.5, 0.6) is 5.75 Å². The standard InChI is InChI=1S/C21H20ClN3O3/c1-2-3-12-27-20-14-16(9-10-18(20)19-8-5-11-23-25-19)24-21(26)28-17-7-4-6-15(22)13-17/h4-11,13-14,18H,2-3,12H2,1H3. The number of nitrogens with zero attached hydrogens (tertiary/aromatic N) is 3. The third kappa shape index (κ3) is 5.50. The van der Waals surface area contributed by atoms with Crippen molar-refractivity contribution in [1.82, 2.24) is 10.2 Å². The Kier molecular flexibility index (Phi) is 6.92. The maximum atomic E-state index is 12.1. The van der Waals surface area contributed by atoms with Crippen LogP contribution >= 0.6 is 11.6 Å². The molecule has 1 aliphatic carbocycles. The Morgan fingerprint density at radius 2 is 2.18 bits per heavy atom. The Balaban J connectivity index is 1.77. The Morgan fingerprint density at radius 1 is 1.29 bits per heavy atom. The van der Waals surface area contributed by atoms with Gasteiger partial charge in [-0.25, -0.2) is 4.79 Å². The Morgan fingerprint density at radius 3 is 2.93 bits per heavy atom. The van der Waals surface area contributed by atoms with Crippen LogP contribution in [0.1, 0.15) is 31.4 Å². The van der Waals surface area contributed by atoms with Gasteiger partial charge >= 0.3 is 6.09 Å². The topological polar surface area (TPSA) is 73.7 Å². The van der Waals surface area contributed by atoms with Crippen LogP contribution in [0.4, 0.5) is 4.79 Å². The molecule has 0 aliphatic heterocycles. The van der Waals surface area contributed by atoms with E-state index in [1.165, 1.54) is 0 Å². The highest BCUT2D eigenvalue weighted by Crippen LogP contribution is 2.28. The van der Waals surface area contributed by atoms with Crippen LogP contribution in [0.25, 0.3) is 0 Å². The van der Waals surface area contributed by atoms with Crippen molar-refractivity contribution in [3.05, 3.63) is 77.3 Å². The van der Waals surface area contributed by atoms with E-state index in [9.17, 15) is 4.79 Å². The first-order valence-electron chi connectivity index (χ1n) is 9.02. The zero-order chi connectivity index (χ0) is 19.8. The Bertz CT molecular complexity index is 910. The molecule has 1 unspecified atom stereocenters. The van der Waals surface area contributed by atoms with E-state index in [1.807, 2.05) is 18.2 Å². The summed E-state index contributed by atoms with van der Waals surface area (Å²) in [5.41, 5.74) is 1.21. The molecule has 0 spiro atoms. The summed E-state index contributed by atoms with van der Waals surface area (Å²) in [6, 6.07) is 10.3. The first-order chi connectivity index (χ1) is 13.7. The van der Waals surface area contributed by atoms with E-state index < -0.39 is 6.09 Å². The second-order valence-corrected chi connectivity index (χ2v) is 6.53. The van der Waals surface area contributed by atoms with Crippen LogP contribution in [0, 0.1) is 0 Å². The van der Waals surface area contributed by atoms with E-state index in [-0.39, 0.29) is 5.92 Å². The largest absolute Gasteiger partial charge is 0.497 e. The maximum Gasteiger partial charge on any atom is 0.439 e. The lowest BCUT2D eigenvalue weighted by Crippen LogP contribution is -2.14. The van der Waals surface area contributed by atoms with Crippen molar-refractivity contribution in [3.63, 3.8) is 0 Å². The van der Waals surface area contributed by atoms with Crippen molar-refractivity contribution >= 4 is 23.4 Å². The number of amides is 1. The van der Waals surface area contributed by atoms with Gasteiger partial charge in [-0.2, -0.15) is 15.2 Å². The molecule has 0 N–H and O–H groups in total. The van der Waals surface area contributed by atoms with E-state index in [2.05, 4.69) is 22.1 Å². The zero-order valence-corrected chi connectivity index (χ0v) is 16.2. The van der Waals surface area contributed by atoms with Crippen molar-refractivity contribution in [1.29, 1.82) is 0 Å². The summed E-state index contributed by atoms with van der Waals surface area (Å²) < 4.78 is 11.1. The highest BCUT2D eigenvalue weighted by atomic mass is 35.5. The minimum absolute atomic E-state index is 0.173. The summed E-state index contributed by atoms with van der Waals surface area (Å²) in [5.74, 6) is 0.835. The van der Waals surface area contributed by atoms with Crippen LogP contribution in [-0.4, -0.2) is 28.6 Å². The van der Waals surface area contributed by atoms with E-state index in [4.69, 9.17) is 21.1 Å². The van der Waals surface area contributed by atoms with Gasteiger partial charge in [-0.1, -0.05) is 37.1 Å². The van der Waals surface area contributed by atoms with Crippen molar-refractivity contribution < 1.29 is 14.3 Å². The average molecular weight is 398 g/mol. The molecule has 1 aliphatic rings. The minimum Gasteiger partial charge on any atom is -0.497 e. The summed E-state index contributed by atoms with van der Waals surface area (Å²) in [6.45, 7) is 2.67. The van der Waals surface area contributed by atoms with Gasteiger partial charge in [0.25, 0.3) is 0 Å². The molecular weight excluding hydrogens is 378 g/mol. The van der Waals surface area contributed by atoms with Crippen molar-refractivity contribution in [3.8, 4) is 5.75 Å². The molecular formula is C21H20ClN3O3. The number of carbonyl (C=O) groups is 1. The summed E-state index contributed by atoms with van der Waals surface area (Å²) >= 11 is 5.90. The molecule has 1 amide bonds. The SMILES string of the molecule is CCCCOC1=CC(=NC(=O)Oc2cccc(Cl)c2)C=CC1c1cccnn1. The molecule has 7 heteroatoms. The number of ether oxygens (including phenoxy) is 2. The number of hydrogen-bond donors (Lipinski definition) is 0. The molecule has 144 valence electrons. The lowest BCUT2D eigenvalue weighted by atomic mass is 9.96. The normalized spacial score (nSPS) is 17.3. The second-order valence-electron chi connectivity index (χ2n) is 6.10. The van der Waals surface area contributed by atoms with Crippen molar-refractivity contribution in [2.24, 2.45) is 4.99 Å². The quantitative estimate of drug-likeness (QED) is 0.632. The van der Waals surface area contributed by atoms with Crippen molar-refractivity contribution in [2.75, 3.05) is 6.61 Å². The van der Waals surface area contributed by atoms with Crippen LogP contribution in [0.2, 0.25) is 5.02 Å². The van der Waals surface area contributed by atoms with E-state index in [0.29, 0.717) is 28.8 Å². The molecule has 1 aromatic carbocycles. The lowest BCUT2D eigenvalue weighted by Gasteiger charge is -2.20. The summed E-state index contributed by atoms with van der Waals surface area (Å²) in [4.78, 5) is 16.1. The van der Waals surface area contributed by atoms with E-state index in [1.54, 1.807) is 42.6 Å². The van der Waals surface area contributed by atoms with Crippen molar-refractivity contribution in [2.45, 2.75) is 25.7 Å². The molecule has 0 fully saturated rings. The van der Waals surface area contributed by atoms with E-state index >= 15 is 0 Å². The van der Waals surface area contributed by atoms with Crippen LogP contribution in [-0.2, 0) is 4.74 Å². The molecule has 28 heavy (non-hydrogen) atoms. The maximum absolute atomic E-state index is 12.1. The molecule has 2 aromatic rings. The van der Waals surface area contributed by atoms with Gasteiger partial charge in [0.1, 0.15) is 11.5 Å². The van der Waals surface area contributed by atoms with Gasteiger partial charge in [0.05, 0.1) is 23.9 Å². The van der Waals surface area contributed by atoms with Gasteiger partial charge in [-0.05, 0) is 42.8 Å².